The van der Waals surface area contributed by atoms with Gasteiger partial charge >= 0.3 is 6.18 Å². The van der Waals surface area contributed by atoms with E-state index < -0.39 is 21.8 Å². The van der Waals surface area contributed by atoms with Crippen LogP contribution in [-0.2, 0) is 12.6 Å². The summed E-state index contributed by atoms with van der Waals surface area (Å²) < 4.78 is 38.4. The summed E-state index contributed by atoms with van der Waals surface area (Å²) in [7, 11) is -1.13. The molecule has 1 aromatic carbocycles. The van der Waals surface area contributed by atoms with Gasteiger partial charge in [-0.25, -0.2) is 10.0 Å². The van der Waals surface area contributed by atoms with Crippen LogP contribution in [0.15, 0.2) is 23.1 Å². The maximum atomic E-state index is 12.8. The van der Waals surface area contributed by atoms with Crippen molar-refractivity contribution in [2.75, 3.05) is 18.8 Å². The Kier molecular flexibility index (Phi) is 3.62. The summed E-state index contributed by atoms with van der Waals surface area (Å²) in [5.41, 5.74) is -0.0209. The van der Waals surface area contributed by atoms with Gasteiger partial charge in [-0.1, -0.05) is 13.0 Å². The third kappa shape index (κ3) is 2.73. The van der Waals surface area contributed by atoms with Gasteiger partial charge in [0, 0.05) is 0 Å². The molecule has 0 aliphatic rings. The van der Waals surface area contributed by atoms with Gasteiger partial charge in [-0.05, 0) is 47.8 Å². The van der Waals surface area contributed by atoms with Crippen LogP contribution in [0, 0.1) is 0 Å². The molecule has 0 nitrogen and oxygen atoms in total. The molecular weight excluding hydrogens is 233 g/mol. The lowest BCUT2D eigenvalue weighted by atomic mass is 10.1. The molecule has 1 rings (SSSR count). The van der Waals surface area contributed by atoms with Gasteiger partial charge in [0.15, 0.2) is 0 Å². The van der Waals surface area contributed by atoms with Crippen LogP contribution in [0.1, 0.15) is 18.1 Å². The fourth-order valence-corrected chi connectivity index (χ4v) is 3.25. The molecule has 0 fully saturated rings. The average molecular weight is 250 g/mol. The molecule has 0 aromatic heterocycles. The first kappa shape index (κ1) is 13.4. The van der Waals surface area contributed by atoms with Crippen molar-refractivity contribution in [3.05, 3.63) is 29.3 Å². The van der Waals surface area contributed by atoms with Gasteiger partial charge in [-0.3, -0.25) is 0 Å². The van der Waals surface area contributed by atoms with Crippen LogP contribution in [0.4, 0.5) is 13.2 Å². The van der Waals surface area contributed by atoms with E-state index in [1.54, 1.807) is 6.92 Å². The highest BCUT2D eigenvalue weighted by molar-refractivity contribution is 8.32. The second-order valence-electron chi connectivity index (χ2n) is 4.47. The van der Waals surface area contributed by atoms with Gasteiger partial charge < -0.3 is 0 Å². The Morgan fingerprint density at radius 3 is 2.06 bits per heavy atom. The summed E-state index contributed by atoms with van der Waals surface area (Å²) in [4.78, 5) is 0.866. The Morgan fingerprint density at radius 2 is 1.69 bits per heavy atom. The van der Waals surface area contributed by atoms with E-state index in [2.05, 4.69) is 0 Å². The van der Waals surface area contributed by atoms with Crippen LogP contribution >= 0.6 is 10.0 Å². The summed E-state index contributed by atoms with van der Waals surface area (Å²) in [6.07, 6.45) is 2.23. The number of benzene rings is 1. The molecule has 0 amide bonds. The topological polar surface area (TPSA) is 0 Å². The van der Waals surface area contributed by atoms with E-state index in [1.165, 1.54) is 12.1 Å². The fraction of sp³-hybridized carbons (Fsp3) is 0.500. The summed E-state index contributed by atoms with van der Waals surface area (Å²) in [5, 5.41) is 0. The number of alkyl halides is 3. The molecule has 0 aliphatic carbocycles. The Hall–Kier alpha value is -0.640. The van der Waals surface area contributed by atoms with Crippen LogP contribution in [0.5, 0.6) is 0 Å². The molecule has 0 heterocycles. The van der Waals surface area contributed by atoms with Gasteiger partial charge in [-0.15, -0.1) is 0 Å². The molecular formula is C12H17F3S. The standard InChI is InChI=1S/C12H17F3S/c1-5-9-10(12(13,14)15)7-6-8-11(9)16(2,3)4/h6-8H,5H2,1-4H3. The van der Waals surface area contributed by atoms with E-state index in [9.17, 15) is 13.2 Å². The van der Waals surface area contributed by atoms with Crippen molar-refractivity contribution in [2.45, 2.75) is 24.4 Å². The van der Waals surface area contributed by atoms with E-state index in [1.807, 2.05) is 24.8 Å². The van der Waals surface area contributed by atoms with Crippen molar-refractivity contribution in [1.82, 2.24) is 0 Å². The van der Waals surface area contributed by atoms with Crippen molar-refractivity contribution < 1.29 is 13.2 Å². The van der Waals surface area contributed by atoms with Crippen molar-refractivity contribution in [3.63, 3.8) is 0 Å². The van der Waals surface area contributed by atoms with Crippen molar-refractivity contribution >= 4 is 10.0 Å². The molecule has 4 heteroatoms. The van der Waals surface area contributed by atoms with E-state index in [-0.39, 0.29) is 0 Å². The SMILES string of the molecule is CCc1c(C(F)(F)F)cccc1S(C)(C)C. The lowest BCUT2D eigenvalue weighted by molar-refractivity contribution is -0.138. The lowest BCUT2D eigenvalue weighted by Gasteiger charge is -2.30. The van der Waals surface area contributed by atoms with Crippen molar-refractivity contribution in [1.29, 1.82) is 0 Å². The third-order valence-electron chi connectivity index (χ3n) is 2.45. The van der Waals surface area contributed by atoms with E-state index in [4.69, 9.17) is 0 Å². The van der Waals surface area contributed by atoms with E-state index >= 15 is 0 Å². The molecule has 0 bridgehead atoms. The Bertz CT molecular complexity index is 343. The maximum Gasteiger partial charge on any atom is 0.416 e. The molecule has 0 radical (unpaired) electrons. The molecule has 0 N–H and O–H groups in total. The minimum atomic E-state index is -4.24. The highest BCUT2D eigenvalue weighted by Crippen LogP contribution is 2.49. The molecule has 0 aliphatic heterocycles. The Balaban J connectivity index is 3.45. The first-order valence-electron chi connectivity index (χ1n) is 5.05. The molecule has 92 valence electrons. The third-order valence-corrected chi connectivity index (χ3v) is 4.15. The van der Waals surface area contributed by atoms with E-state index in [0.29, 0.717) is 12.0 Å². The lowest BCUT2D eigenvalue weighted by Crippen LogP contribution is -2.11. The van der Waals surface area contributed by atoms with Gasteiger partial charge in [0.25, 0.3) is 0 Å². The molecule has 0 saturated carbocycles. The van der Waals surface area contributed by atoms with Gasteiger partial charge in [0.05, 0.1) is 5.56 Å². The zero-order valence-corrected chi connectivity index (χ0v) is 10.8. The predicted octanol–water partition coefficient (Wildman–Crippen LogP) is 4.32. The minimum absolute atomic E-state index is 0.426. The van der Waals surface area contributed by atoms with Crippen LogP contribution in [0.2, 0.25) is 0 Å². The molecule has 0 unspecified atom stereocenters. The Morgan fingerprint density at radius 1 is 1.12 bits per heavy atom. The van der Waals surface area contributed by atoms with Crippen molar-refractivity contribution in [3.8, 4) is 0 Å². The summed E-state index contributed by atoms with van der Waals surface area (Å²) in [6.45, 7) is 1.78. The molecule has 0 saturated heterocycles. The predicted molar refractivity (Wildman–Crippen MR) is 64.5 cm³/mol. The molecule has 1 aromatic rings. The smallest absolute Gasteiger partial charge is 0.223 e. The van der Waals surface area contributed by atoms with Gasteiger partial charge in [0.1, 0.15) is 0 Å². The minimum Gasteiger partial charge on any atom is -0.223 e. The highest BCUT2D eigenvalue weighted by atomic mass is 32.3. The maximum absolute atomic E-state index is 12.8. The zero-order valence-electron chi connectivity index (χ0n) is 9.98. The normalized spacial score (nSPS) is 13.9. The summed E-state index contributed by atoms with van der Waals surface area (Å²) >= 11 is 0. The van der Waals surface area contributed by atoms with Crippen LogP contribution in [-0.4, -0.2) is 18.8 Å². The second-order valence-corrected chi connectivity index (χ2v) is 8.58. The zero-order chi connectivity index (χ0) is 12.6. The number of halogens is 3. The molecule has 0 atom stereocenters. The summed E-state index contributed by atoms with van der Waals surface area (Å²) in [5.74, 6) is 0. The fourth-order valence-electron chi connectivity index (χ4n) is 1.77. The van der Waals surface area contributed by atoms with Gasteiger partial charge in [0.2, 0.25) is 0 Å². The summed E-state index contributed by atoms with van der Waals surface area (Å²) in [6, 6.07) is 4.51. The highest BCUT2D eigenvalue weighted by Gasteiger charge is 2.34. The molecule has 0 spiro atoms. The number of rotatable bonds is 2. The van der Waals surface area contributed by atoms with Crippen LogP contribution in [0.25, 0.3) is 0 Å². The average Bonchev–Trinajstić information content (AvgIpc) is 2.13. The molecule has 16 heavy (non-hydrogen) atoms. The second kappa shape index (κ2) is 4.32. The van der Waals surface area contributed by atoms with E-state index in [0.717, 1.165) is 4.90 Å². The van der Waals surface area contributed by atoms with Crippen LogP contribution < -0.4 is 0 Å². The quantitative estimate of drug-likeness (QED) is 0.733. The number of hydrogen-bond donors (Lipinski definition) is 0. The largest absolute Gasteiger partial charge is 0.416 e. The van der Waals surface area contributed by atoms with Crippen molar-refractivity contribution in [2.24, 2.45) is 0 Å². The first-order chi connectivity index (χ1) is 7.18. The Labute approximate surface area is 96.2 Å². The first-order valence-corrected chi connectivity index (χ1v) is 7.91. The van der Waals surface area contributed by atoms with Crippen LogP contribution in [0.3, 0.4) is 0 Å². The number of hydrogen-bond acceptors (Lipinski definition) is 0. The monoisotopic (exact) mass is 250 g/mol. The van der Waals surface area contributed by atoms with Gasteiger partial charge in [-0.2, -0.15) is 13.2 Å².